The highest BCUT2D eigenvalue weighted by Gasteiger charge is 2.19. The molecule has 0 aliphatic carbocycles. The lowest BCUT2D eigenvalue weighted by molar-refractivity contribution is 0.602. The van der Waals surface area contributed by atoms with E-state index in [-0.39, 0.29) is 23.4 Å². The number of anilines is 1. The fraction of sp³-hybridized carbons (Fsp3) is 0.250. The summed E-state index contributed by atoms with van der Waals surface area (Å²) in [6.45, 7) is 2.85. The largest absolute Gasteiger partial charge is 0.363 e. The van der Waals surface area contributed by atoms with E-state index >= 15 is 0 Å². The van der Waals surface area contributed by atoms with Gasteiger partial charge in [0.15, 0.2) is 0 Å². The standard InChI is InChI=1S/C16H17ClF2N2/c1-2-21(13-5-3-4-12(18)9-13)16(10-20)11-6-7-14(17)15(19)8-11/h3-9,16H,2,10,20H2,1H3. The lowest BCUT2D eigenvalue weighted by atomic mass is 10.0. The van der Waals surface area contributed by atoms with Gasteiger partial charge in [-0.15, -0.1) is 0 Å². The van der Waals surface area contributed by atoms with Crippen LogP contribution in [0.25, 0.3) is 0 Å². The fourth-order valence-corrected chi connectivity index (χ4v) is 2.52. The molecule has 0 heterocycles. The van der Waals surface area contributed by atoms with Crippen molar-refractivity contribution in [3.8, 4) is 0 Å². The van der Waals surface area contributed by atoms with Gasteiger partial charge in [0.1, 0.15) is 11.6 Å². The minimum Gasteiger partial charge on any atom is -0.363 e. The molecule has 0 bridgehead atoms. The molecular formula is C16H17ClF2N2. The number of rotatable bonds is 5. The van der Waals surface area contributed by atoms with Gasteiger partial charge in [-0.05, 0) is 42.8 Å². The summed E-state index contributed by atoms with van der Waals surface area (Å²) in [4.78, 5) is 1.94. The van der Waals surface area contributed by atoms with E-state index < -0.39 is 5.82 Å². The molecule has 5 heteroatoms. The van der Waals surface area contributed by atoms with Crippen LogP contribution in [0.4, 0.5) is 14.5 Å². The zero-order chi connectivity index (χ0) is 15.4. The molecule has 2 aromatic rings. The Morgan fingerprint density at radius 1 is 1.19 bits per heavy atom. The summed E-state index contributed by atoms with van der Waals surface area (Å²) in [5.74, 6) is -0.799. The third-order valence-electron chi connectivity index (χ3n) is 3.41. The molecule has 1 unspecified atom stereocenters. The molecule has 0 aromatic heterocycles. The van der Waals surface area contributed by atoms with E-state index in [1.54, 1.807) is 12.1 Å². The quantitative estimate of drug-likeness (QED) is 0.899. The number of hydrogen-bond donors (Lipinski definition) is 1. The molecule has 2 aromatic carbocycles. The van der Waals surface area contributed by atoms with E-state index in [9.17, 15) is 8.78 Å². The smallest absolute Gasteiger partial charge is 0.142 e. The Labute approximate surface area is 128 Å². The highest BCUT2D eigenvalue weighted by molar-refractivity contribution is 6.30. The molecule has 2 nitrogen and oxygen atoms in total. The first-order chi connectivity index (χ1) is 10.1. The summed E-state index contributed by atoms with van der Waals surface area (Å²) < 4.78 is 27.1. The second kappa shape index (κ2) is 6.87. The highest BCUT2D eigenvalue weighted by atomic mass is 35.5. The number of likely N-dealkylation sites (N-methyl/N-ethyl adjacent to an activating group) is 1. The first kappa shape index (κ1) is 15.7. The monoisotopic (exact) mass is 310 g/mol. The topological polar surface area (TPSA) is 29.3 Å². The van der Waals surface area contributed by atoms with Crippen LogP contribution in [0.2, 0.25) is 5.02 Å². The van der Waals surface area contributed by atoms with Gasteiger partial charge in [0, 0.05) is 18.8 Å². The van der Waals surface area contributed by atoms with E-state index in [1.807, 2.05) is 17.9 Å². The molecule has 0 aliphatic heterocycles. The zero-order valence-electron chi connectivity index (χ0n) is 11.7. The van der Waals surface area contributed by atoms with Crippen molar-refractivity contribution in [2.24, 2.45) is 5.73 Å². The summed E-state index contributed by atoms with van der Waals surface area (Å²) in [6.07, 6.45) is 0. The Hall–Kier alpha value is -1.65. The van der Waals surface area contributed by atoms with Crippen molar-refractivity contribution in [3.63, 3.8) is 0 Å². The van der Waals surface area contributed by atoms with Gasteiger partial charge in [-0.3, -0.25) is 0 Å². The minimum absolute atomic E-state index is 0.0725. The molecule has 0 fully saturated rings. The second-order valence-electron chi connectivity index (χ2n) is 4.69. The molecule has 0 saturated heterocycles. The molecule has 2 N–H and O–H groups in total. The number of nitrogens with two attached hydrogens (primary N) is 1. The third kappa shape index (κ3) is 3.52. The molecule has 21 heavy (non-hydrogen) atoms. The molecule has 2 rings (SSSR count). The average Bonchev–Trinajstić information content (AvgIpc) is 2.47. The molecule has 0 radical (unpaired) electrons. The van der Waals surface area contributed by atoms with E-state index in [2.05, 4.69) is 0 Å². The number of benzene rings is 2. The Morgan fingerprint density at radius 2 is 1.95 bits per heavy atom. The first-order valence-corrected chi connectivity index (χ1v) is 7.11. The first-order valence-electron chi connectivity index (χ1n) is 6.74. The summed E-state index contributed by atoms with van der Waals surface area (Å²) in [6, 6.07) is 10.7. The average molecular weight is 311 g/mol. The molecule has 0 amide bonds. The third-order valence-corrected chi connectivity index (χ3v) is 3.71. The van der Waals surface area contributed by atoms with Crippen LogP contribution in [0.3, 0.4) is 0 Å². The SMILES string of the molecule is CCN(c1cccc(F)c1)C(CN)c1ccc(Cl)c(F)c1. The lowest BCUT2D eigenvalue weighted by Crippen LogP contribution is -2.33. The molecule has 112 valence electrons. The van der Waals surface area contributed by atoms with E-state index in [4.69, 9.17) is 17.3 Å². The second-order valence-corrected chi connectivity index (χ2v) is 5.10. The van der Waals surface area contributed by atoms with E-state index in [0.717, 1.165) is 0 Å². The molecule has 0 saturated carbocycles. The summed E-state index contributed by atoms with van der Waals surface area (Å²) >= 11 is 5.71. The Balaban J connectivity index is 2.39. The summed E-state index contributed by atoms with van der Waals surface area (Å²) in [7, 11) is 0. The van der Waals surface area contributed by atoms with Gasteiger partial charge in [-0.25, -0.2) is 8.78 Å². The van der Waals surface area contributed by atoms with Crippen LogP contribution in [0.5, 0.6) is 0 Å². The van der Waals surface area contributed by atoms with E-state index in [1.165, 1.54) is 24.3 Å². The maximum absolute atomic E-state index is 13.7. The maximum atomic E-state index is 13.7. The fourth-order valence-electron chi connectivity index (χ4n) is 2.40. The van der Waals surface area contributed by atoms with Crippen molar-refractivity contribution >= 4 is 17.3 Å². The van der Waals surface area contributed by atoms with Gasteiger partial charge >= 0.3 is 0 Å². The number of nitrogens with zero attached hydrogens (tertiary/aromatic N) is 1. The normalized spacial score (nSPS) is 12.2. The van der Waals surface area contributed by atoms with Crippen molar-refractivity contribution in [1.82, 2.24) is 0 Å². The van der Waals surface area contributed by atoms with Crippen molar-refractivity contribution in [2.45, 2.75) is 13.0 Å². The van der Waals surface area contributed by atoms with Crippen molar-refractivity contribution in [2.75, 3.05) is 18.0 Å². The van der Waals surface area contributed by atoms with Crippen LogP contribution in [-0.2, 0) is 0 Å². The Kier molecular flexibility index (Phi) is 5.15. The van der Waals surface area contributed by atoms with Crippen LogP contribution in [0, 0.1) is 11.6 Å². The highest BCUT2D eigenvalue weighted by Crippen LogP contribution is 2.28. The van der Waals surface area contributed by atoms with Crippen LogP contribution >= 0.6 is 11.6 Å². The van der Waals surface area contributed by atoms with Gasteiger partial charge in [-0.1, -0.05) is 23.7 Å². The maximum Gasteiger partial charge on any atom is 0.142 e. The molecular weight excluding hydrogens is 294 g/mol. The van der Waals surface area contributed by atoms with Crippen LogP contribution in [0.15, 0.2) is 42.5 Å². The van der Waals surface area contributed by atoms with Gasteiger partial charge in [0.25, 0.3) is 0 Å². The predicted octanol–water partition coefficient (Wildman–Crippen LogP) is 4.14. The van der Waals surface area contributed by atoms with Gasteiger partial charge in [0.2, 0.25) is 0 Å². The molecule has 1 atom stereocenters. The Morgan fingerprint density at radius 3 is 2.52 bits per heavy atom. The molecule has 0 aliphatic rings. The zero-order valence-corrected chi connectivity index (χ0v) is 12.4. The van der Waals surface area contributed by atoms with Crippen LogP contribution in [0.1, 0.15) is 18.5 Å². The summed E-state index contributed by atoms with van der Waals surface area (Å²) in [5, 5.41) is 0.0725. The lowest BCUT2D eigenvalue weighted by Gasteiger charge is -2.32. The van der Waals surface area contributed by atoms with Crippen molar-refractivity contribution in [1.29, 1.82) is 0 Å². The van der Waals surface area contributed by atoms with Crippen molar-refractivity contribution < 1.29 is 8.78 Å². The minimum atomic E-state index is -0.483. The Bertz CT molecular complexity index is 619. The number of halogens is 3. The van der Waals surface area contributed by atoms with Crippen LogP contribution in [-0.4, -0.2) is 13.1 Å². The molecule has 0 spiro atoms. The number of hydrogen-bond acceptors (Lipinski definition) is 2. The van der Waals surface area contributed by atoms with Gasteiger partial charge < -0.3 is 10.6 Å². The van der Waals surface area contributed by atoms with Crippen LogP contribution < -0.4 is 10.6 Å². The van der Waals surface area contributed by atoms with E-state index in [0.29, 0.717) is 17.8 Å². The van der Waals surface area contributed by atoms with Gasteiger partial charge in [0.05, 0.1) is 11.1 Å². The van der Waals surface area contributed by atoms with Crippen molar-refractivity contribution in [3.05, 3.63) is 64.7 Å². The predicted molar refractivity (Wildman–Crippen MR) is 82.6 cm³/mol. The van der Waals surface area contributed by atoms with Gasteiger partial charge in [-0.2, -0.15) is 0 Å². The summed E-state index contributed by atoms with van der Waals surface area (Å²) in [5.41, 5.74) is 7.28.